The van der Waals surface area contributed by atoms with Crippen LogP contribution in [0.25, 0.3) is 0 Å². The fourth-order valence-corrected chi connectivity index (χ4v) is 2.21. The molecule has 0 aliphatic heterocycles. The average molecular weight is 351 g/mol. The zero-order valence-corrected chi connectivity index (χ0v) is 13.3. The number of carbonyl (C=O) groups excluding carboxylic acids is 2. The van der Waals surface area contributed by atoms with Crippen molar-refractivity contribution in [2.75, 3.05) is 10.6 Å². The molecule has 0 atom stereocenters. The summed E-state index contributed by atoms with van der Waals surface area (Å²) in [6.45, 7) is 3.43. The molecule has 0 aliphatic carbocycles. The van der Waals surface area contributed by atoms with Gasteiger partial charge < -0.3 is 15.1 Å². The van der Waals surface area contributed by atoms with Crippen LogP contribution in [0.15, 0.2) is 39.4 Å². The second-order valence-electron chi connectivity index (χ2n) is 4.46. The quantitative estimate of drug-likeness (QED) is 0.880. The van der Waals surface area contributed by atoms with E-state index >= 15 is 0 Å². The third-order valence-electron chi connectivity index (χ3n) is 2.86. The van der Waals surface area contributed by atoms with E-state index in [1.807, 2.05) is 13.0 Å². The number of benzene rings is 1. The Bertz CT molecular complexity index is 679. The molecule has 0 unspecified atom stereocenters. The molecule has 2 rings (SSSR count). The SMILES string of the molecule is CCc1ccc(NC(C)=O)cc1NC(=O)c1ccc(Br)o1. The van der Waals surface area contributed by atoms with Crippen LogP contribution >= 0.6 is 15.9 Å². The van der Waals surface area contributed by atoms with E-state index < -0.39 is 0 Å². The molecule has 1 aromatic carbocycles. The van der Waals surface area contributed by atoms with Crippen molar-refractivity contribution >= 4 is 39.1 Å². The predicted molar refractivity (Wildman–Crippen MR) is 84.5 cm³/mol. The van der Waals surface area contributed by atoms with Gasteiger partial charge in [0.25, 0.3) is 5.91 Å². The highest BCUT2D eigenvalue weighted by molar-refractivity contribution is 9.10. The lowest BCUT2D eigenvalue weighted by atomic mass is 10.1. The molecule has 6 heteroatoms. The second-order valence-corrected chi connectivity index (χ2v) is 5.25. The van der Waals surface area contributed by atoms with Gasteiger partial charge in [-0.25, -0.2) is 0 Å². The molecule has 0 radical (unpaired) electrons. The summed E-state index contributed by atoms with van der Waals surface area (Å²) in [7, 11) is 0. The van der Waals surface area contributed by atoms with Crippen molar-refractivity contribution in [3.8, 4) is 0 Å². The van der Waals surface area contributed by atoms with Gasteiger partial charge in [-0.3, -0.25) is 9.59 Å². The molecular weight excluding hydrogens is 336 g/mol. The van der Waals surface area contributed by atoms with Crippen LogP contribution in [-0.4, -0.2) is 11.8 Å². The highest BCUT2D eigenvalue weighted by Crippen LogP contribution is 2.23. The fourth-order valence-electron chi connectivity index (χ4n) is 1.90. The number of carbonyl (C=O) groups is 2. The number of hydrogen-bond acceptors (Lipinski definition) is 3. The smallest absolute Gasteiger partial charge is 0.291 e. The van der Waals surface area contributed by atoms with Crippen molar-refractivity contribution in [1.82, 2.24) is 0 Å². The molecule has 1 aromatic heterocycles. The van der Waals surface area contributed by atoms with Gasteiger partial charge >= 0.3 is 0 Å². The normalized spacial score (nSPS) is 10.2. The largest absolute Gasteiger partial charge is 0.444 e. The molecule has 0 saturated heterocycles. The third kappa shape index (κ3) is 3.95. The van der Waals surface area contributed by atoms with E-state index in [2.05, 4.69) is 26.6 Å². The van der Waals surface area contributed by atoms with Gasteiger partial charge in [0.2, 0.25) is 5.91 Å². The predicted octanol–water partition coefficient (Wildman–Crippen LogP) is 3.82. The van der Waals surface area contributed by atoms with Crippen molar-refractivity contribution in [2.24, 2.45) is 0 Å². The lowest BCUT2D eigenvalue weighted by molar-refractivity contribution is -0.114. The minimum absolute atomic E-state index is 0.161. The number of rotatable bonds is 4. The van der Waals surface area contributed by atoms with Gasteiger partial charge in [-0.15, -0.1) is 0 Å². The summed E-state index contributed by atoms with van der Waals surface area (Å²) < 4.78 is 5.72. The minimum atomic E-state index is -0.338. The van der Waals surface area contributed by atoms with Crippen LogP contribution in [0.3, 0.4) is 0 Å². The Balaban J connectivity index is 2.24. The molecule has 5 nitrogen and oxygen atoms in total. The number of amides is 2. The van der Waals surface area contributed by atoms with Crippen LogP contribution in [0, 0.1) is 0 Å². The van der Waals surface area contributed by atoms with Crippen molar-refractivity contribution in [3.63, 3.8) is 0 Å². The van der Waals surface area contributed by atoms with Gasteiger partial charge in [-0.2, -0.15) is 0 Å². The van der Waals surface area contributed by atoms with Crippen molar-refractivity contribution < 1.29 is 14.0 Å². The van der Waals surface area contributed by atoms with Crippen molar-refractivity contribution in [1.29, 1.82) is 0 Å². The Hall–Kier alpha value is -2.08. The summed E-state index contributed by atoms with van der Waals surface area (Å²) in [5, 5.41) is 5.49. The molecule has 2 aromatic rings. The van der Waals surface area contributed by atoms with Crippen LogP contribution in [0.5, 0.6) is 0 Å². The first-order valence-electron chi connectivity index (χ1n) is 6.46. The van der Waals surface area contributed by atoms with Crippen LogP contribution in [0.1, 0.15) is 30.0 Å². The minimum Gasteiger partial charge on any atom is -0.444 e. The number of halogens is 1. The Labute approximate surface area is 130 Å². The number of anilines is 2. The first-order chi connectivity index (χ1) is 9.99. The standard InChI is InChI=1S/C15H15BrN2O3/c1-3-10-4-5-11(17-9(2)19)8-12(10)18-15(20)13-6-7-14(16)21-13/h4-8H,3H2,1-2H3,(H,17,19)(H,18,20). The average Bonchev–Trinajstić information content (AvgIpc) is 2.85. The van der Waals surface area contributed by atoms with Gasteiger partial charge in [-0.1, -0.05) is 13.0 Å². The molecule has 2 N–H and O–H groups in total. The van der Waals surface area contributed by atoms with Crippen LogP contribution in [-0.2, 0) is 11.2 Å². The van der Waals surface area contributed by atoms with E-state index in [9.17, 15) is 9.59 Å². The van der Waals surface area contributed by atoms with E-state index in [4.69, 9.17) is 4.42 Å². The second kappa shape index (κ2) is 6.58. The lowest BCUT2D eigenvalue weighted by Gasteiger charge is -2.11. The summed E-state index contributed by atoms with van der Waals surface area (Å²) >= 11 is 3.16. The zero-order valence-electron chi connectivity index (χ0n) is 11.7. The van der Waals surface area contributed by atoms with Crippen LogP contribution < -0.4 is 10.6 Å². The molecule has 2 amide bonds. The Kier molecular flexibility index (Phi) is 4.80. The summed E-state index contributed by atoms with van der Waals surface area (Å²) in [5.74, 6) is -0.282. The fraction of sp³-hybridized carbons (Fsp3) is 0.200. The third-order valence-corrected chi connectivity index (χ3v) is 3.28. The highest BCUT2D eigenvalue weighted by Gasteiger charge is 2.13. The topological polar surface area (TPSA) is 71.3 Å². The highest BCUT2D eigenvalue weighted by atomic mass is 79.9. The van der Waals surface area contributed by atoms with E-state index in [0.717, 1.165) is 12.0 Å². The first-order valence-corrected chi connectivity index (χ1v) is 7.26. The van der Waals surface area contributed by atoms with Crippen LogP contribution in [0.2, 0.25) is 0 Å². The first kappa shape index (κ1) is 15.3. The van der Waals surface area contributed by atoms with E-state index in [-0.39, 0.29) is 17.6 Å². The molecule has 1 heterocycles. The number of furan rings is 1. The van der Waals surface area contributed by atoms with Gasteiger partial charge in [0.1, 0.15) is 0 Å². The lowest BCUT2D eigenvalue weighted by Crippen LogP contribution is -2.13. The molecule has 0 bridgehead atoms. The van der Waals surface area contributed by atoms with Gasteiger partial charge in [0, 0.05) is 18.3 Å². The number of nitrogens with one attached hydrogen (secondary N) is 2. The Morgan fingerprint density at radius 2 is 1.95 bits per heavy atom. The Morgan fingerprint density at radius 1 is 1.19 bits per heavy atom. The Morgan fingerprint density at radius 3 is 2.52 bits per heavy atom. The van der Waals surface area contributed by atoms with E-state index in [1.165, 1.54) is 6.92 Å². The van der Waals surface area contributed by atoms with E-state index in [1.54, 1.807) is 24.3 Å². The molecule has 110 valence electrons. The van der Waals surface area contributed by atoms with Gasteiger partial charge in [-0.05, 0) is 52.2 Å². The summed E-state index contributed by atoms with van der Waals surface area (Å²) in [4.78, 5) is 23.2. The number of aryl methyl sites for hydroxylation is 1. The summed E-state index contributed by atoms with van der Waals surface area (Å²) in [5.41, 5.74) is 2.26. The van der Waals surface area contributed by atoms with Crippen molar-refractivity contribution in [3.05, 3.63) is 46.3 Å². The monoisotopic (exact) mass is 350 g/mol. The maximum Gasteiger partial charge on any atom is 0.291 e. The molecule has 0 aliphatic rings. The summed E-state index contributed by atoms with van der Waals surface area (Å²) in [6.07, 6.45) is 0.762. The summed E-state index contributed by atoms with van der Waals surface area (Å²) in [6, 6.07) is 8.65. The van der Waals surface area contributed by atoms with Gasteiger partial charge in [0.15, 0.2) is 10.4 Å². The van der Waals surface area contributed by atoms with E-state index in [0.29, 0.717) is 16.0 Å². The molecule has 0 spiro atoms. The van der Waals surface area contributed by atoms with Crippen molar-refractivity contribution in [2.45, 2.75) is 20.3 Å². The maximum atomic E-state index is 12.1. The van der Waals surface area contributed by atoms with Gasteiger partial charge in [0.05, 0.1) is 0 Å². The molecule has 0 saturated carbocycles. The number of hydrogen-bond donors (Lipinski definition) is 2. The van der Waals surface area contributed by atoms with Crippen LogP contribution in [0.4, 0.5) is 11.4 Å². The molecular formula is C15H15BrN2O3. The zero-order chi connectivity index (χ0) is 15.4. The molecule has 21 heavy (non-hydrogen) atoms. The maximum absolute atomic E-state index is 12.1. The molecule has 0 fully saturated rings.